The summed E-state index contributed by atoms with van der Waals surface area (Å²) in [5.41, 5.74) is 0.977. The highest BCUT2D eigenvalue weighted by atomic mass is 16.2. The third kappa shape index (κ3) is 4.34. The Morgan fingerprint density at radius 2 is 1.71 bits per heavy atom. The lowest BCUT2D eigenvalue weighted by atomic mass is 10.1. The number of unbranched alkanes of at least 4 members (excludes halogenated alkanes) is 2. The Kier molecular flexibility index (Phi) is 6.78. The van der Waals surface area contributed by atoms with Crippen LogP contribution in [0.3, 0.4) is 0 Å². The van der Waals surface area contributed by atoms with Gasteiger partial charge in [0.25, 0.3) is 11.8 Å². The molecule has 6 nitrogen and oxygen atoms in total. The molecule has 2 N–H and O–H groups in total. The zero-order valence-corrected chi connectivity index (χ0v) is 14.5. The van der Waals surface area contributed by atoms with Gasteiger partial charge < -0.3 is 10.6 Å². The minimum absolute atomic E-state index is 0.220. The second-order valence-electron chi connectivity index (χ2n) is 5.70. The monoisotopic (exact) mass is 330 g/mol. The molecule has 0 saturated heterocycles. The molecule has 24 heavy (non-hydrogen) atoms. The van der Waals surface area contributed by atoms with Gasteiger partial charge in [0, 0.05) is 26.2 Å². The molecule has 0 aliphatic carbocycles. The number of carbonyl (C=O) groups is 2. The molecular weight excluding hydrogens is 304 g/mol. The largest absolute Gasteiger partial charge is 0.357 e. The molecule has 1 aliphatic heterocycles. The van der Waals surface area contributed by atoms with Crippen LogP contribution >= 0.6 is 0 Å². The maximum absolute atomic E-state index is 12.3. The summed E-state index contributed by atoms with van der Waals surface area (Å²) in [4.78, 5) is 30.4. The van der Waals surface area contributed by atoms with Crippen LogP contribution in [0.5, 0.6) is 0 Å². The van der Waals surface area contributed by atoms with E-state index >= 15 is 0 Å². The number of hydrogen-bond donors (Lipinski definition) is 2. The molecule has 6 heteroatoms. The topological polar surface area (TPSA) is 73.8 Å². The molecule has 0 spiro atoms. The van der Waals surface area contributed by atoms with E-state index in [0.717, 1.165) is 31.9 Å². The number of nitrogens with zero attached hydrogens (tertiary/aromatic N) is 2. The van der Waals surface area contributed by atoms with E-state index in [0.29, 0.717) is 24.2 Å². The van der Waals surface area contributed by atoms with Crippen molar-refractivity contribution < 1.29 is 9.59 Å². The van der Waals surface area contributed by atoms with Crippen LogP contribution in [-0.2, 0) is 0 Å². The number of aliphatic imine (C=N–C) groups is 1. The van der Waals surface area contributed by atoms with E-state index in [1.807, 2.05) is 6.92 Å². The number of rotatable bonds is 8. The first kappa shape index (κ1) is 18.0. The van der Waals surface area contributed by atoms with Crippen molar-refractivity contribution in [2.24, 2.45) is 4.99 Å². The summed E-state index contributed by atoms with van der Waals surface area (Å²) >= 11 is 0. The van der Waals surface area contributed by atoms with Gasteiger partial charge in [-0.15, -0.1) is 0 Å². The first-order valence-electron chi connectivity index (χ1n) is 8.66. The summed E-state index contributed by atoms with van der Waals surface area (Å²) in [5.74, 6) is 0.287. The molecule has 0 unspecified atom stereocenters. The molecular formula is C18H26N4O2. The van der Waals surface area contributed by atoms with Gasteiger partial charge in [0.15, 0.2) is 5.96 Å². The first-order chi connectivity index (χ1) is 11.7. The fourth-order valence-corrected chi connectivity index (χ4v) is 2.62. The third-order valence-electron chi connectivity index (χ3n) is 3.88. The Bertz CT molecular complexity index is 578. The average Bonchev–Trinajstić information content (AvgIpc) is 2.84. The lowest BCUT2D eigenvalue weighted by Gasteiger charge is -2.16. The highest BCUT2D eigenvalue weighted by Gasteiger charge is 2.34. The Hall–Kier alpha value is -2.37. The fraction of sp³-hybridized carbons (Fsp3) is 0.500. The zero-order valence-electron chi connectivity index (χ0n) is 14.5. The van der Waals surface area contributed by atoms with Gasteiger partial charge in [-0.2, -0.15) is 0 Å². The van der Waals surface area contributed by atoms with E-state index in [-0.39, 0.29) is 11.8 Å². The molecule has 0 atom stereocenters. The molecule has 2 amide bonds. The zero-order chi connectivity index (χ0) is 17.4. The Labute approximate surface area is 143 Å². The maximum Gasteiger partial charge on any atom is 0.261 e. The quantitative estimate of drug-likeness (QED) is 0.331. The normalized spacial score (nSPS) is 14.1. The number of imide groups is 1. The summed E-state index contributed by atoms with van der Waals surface area (Å²) < 4.78 is 0. The van der Waals surface area contributed by atoms with E-state index in [4.69, 9.17) is 0 Å². The molecule has 1 aromatic rings. The predicted octanol–water partition coefficient (Wildman–Crippen LogP) is 2.03. The van der Waals surface area contributed by atoms with Crippen molar-refractivity contribution in [2.75, 3.05) is 26.2 Å². The molecule has 0 aromatic heterocycles. The molecule has 1 aliphatic rings. The van der Waals surface area contributed by atoms with Crippen molar-refractivity contribution in [1.29, 1.82) is 0 Å². The van der Waals surface area contributed by atoms with Gasteiger partial charge in [-0.3, -0.25) is 19.5 Å². The van der Waals surface area contributed by atoms with Gasteiger partial charge >= 0.3 is 0 Å². The van der Waals surface area contributed by atoms with E-state index in [2.05, 4.69) is 22.5 Å². The van der Waals surface area contributed by atoms with Crippen LogP contribution in [0.1, 0.15) is 53.8 Å². The van der Waals surface area contributed by atoms with Crippen LogP contribution in [0.25, 0.3) is 0 Å². The van der Waals surface area contributed by atoms with Crippen LogP contribution in [0.2, 0.25) is 0 Å². The lowest BCUT2D eigenvalue weighted by molar-refractivity contribution is 0.0657. The maximum atomic E-state index is 12.3. The third-order valence-corrected chi connectivity index (χ3v) is 3.88. The summed E-state index contributed by atoms with van der Waals surface area (Å²) in [7, 11) is 0. The predicted molar refractivity (Wildman–Crippen MR) is 95.3 cm³/mol. The van der Waals surface area contributed by atoms with E-state index in [1.165, 1.54) is 11.3 Å². The summed E-state index contributed by atoms with van der Waals surface area (Å²) in [6.07, 6.45) is 3.39. The van der Waals surface area contributed by atoms with Gasteiger partial charge in [-0.05, 0) is 25.5 Å². The van der Waals surface area contributed by atoms with Crippen LogP contribution in [0, 0.1) is 0 Å². The molecule has 0 radical (unpaired) electrons. The number of amides is 2. The van der Waals surface area contributed by atoms with Crippen molar-refractivity contribution in [3.63, 3.8) is 0 Å². The molecule has 1 heterocycles. The highest BCUT2D eigenvalue weighted by molar-refractivity contribution is 6.21. The highest BCUT2D eigenvalue weighted by Crippen LogP contribution is 2.21. The second-order valence-corrected chi connectivity index (χ2v) is 5.70. The molecule has 0 bridgehead atoms. The van der Waals surface area contributed by atoms with Gasteiger partial charge in [0.1, 0.15) is 0 Å². The fourth-order valence-electron chi connectivity index (χ4n) is 2.62. The SMILES string of the molecule is CCCCCN=C(NCC)NCCN1C(=O)c2ccccc2C1=O. The smallest absolute Gasteiger partial charge is 0.261 e. The van der Waals surface area contributed by atoms with E-state index < -0.39 is 0 Å². The number of hydrogen-bond acceptors (Lipinski definition) is 3. The van der Waals surface area contributed by atoms with Gasteiger partial charge in [-0.1, -0.05) is 31.9 Å². The van der Waals surface area contributed by atoms with Gasteiger partial charge in [0.05, 0.1) is 11.1 Å². The van der Waals surface area contributed by atoms with Crippen molar-refractivity contribution >= 4 is 17.8 Å². The first-order valence-corrected chi connectivity index (χ1v) is 8.66. The number of nitrogens with one attached hydrogen (secondary N) is 2. The average molecular weight is 330 g/mol. The summed E-state index contributed by atoms with van der Waals surface area (Å²) in [6, 6.07) is 6.94. The van der Waals surface area contributed by atoms with Gasteiger partial charge in [0.2, 0.25) is 0 Å². The van der Waals surface area contributed by atoms with Crippen molar-refractivity contribution in [2.45, 2.75) is 33.1 Å². The molecule has 0 fully saturated rings. The number of benzene rings is 1. The van der Waals surface area contributed by atoms with Crippen LogP contribution in [-0.4, -0.2) is 48.9 Å². The number of fused-ring (bicyclic) bond motifs is 1. The summed E-state index contributed by atoms with van der Waals surface area (Å²) in [6.45, 7) is 6.52. The van der Waals surface area contributed by atoms with E-state index in [1.54, 1.807) is 24.3 Å². The summed E-state index contributed by atoms with van der Waals surface area (Å²) in [5, 5.41) is 6.36. The van der Waals surface area contributed by atoms with Crippen LogP contribution in [0.15, 0.2) is 29.3 Å². The van der Waals surface area contributed by atoms with Crippen LogP contribution < -0.4 is 10.6 Å². The van der Waals surface area contributed by atoms with Crippen molar-refractivity contribution in [3.05, 3.63) is 35.4 Å². The Balaban J connectivity index is 1.86. The molecule has 0 saturated carbocycles. The Morgan fingerprint density at radius 1 is 1.04 bits per heavy atom. The number of carbonyl (C=O) groups excluding carboxylic acids is 2. The minimum Gasteiger partial charge on any atom is -0.357 e. The second kappa shape index (κ2) is 9.05. The standard InChI is InChI=1S/C18H26N4O2/c1-3-5-8-11-20-18(19-4-2)21-12-13-22-16(23)14-9-6-7-10-15(14)17(22)24/h6-7,9-10H,3-5,8,11-13H2,1-2H3,(H2,19,20,21). The minimum atomic E-state index is -0.220. The number of guanidine groups is 1. The van der Waals surface area contributed by atoms with Crippen molar-refractivity contribution in [1.82, 2.24) is 15.5 Å². The Morgan fingerprint density at radius 3 is 2.29 bits per heavy atom. The lowest BCUT2D eigenvalue weighted by Crippen LogP contribution is -2.43. The van der Waals surface area contributed by atoms with Gasteiger partial charge in [-0.25, -0.2) is 0 Å². The molecule has 1 aromatic carbocycles. The van der Waals surface area contributed by atoms with E-state index in [9.17, 15) is 9.59 Å². The van der Waals surface area contributed by atoms with Crippen LogP contribution in [0.4, 0.5) is 0 Å². The molecule has 2 rings (SSSR count). The molecule has 130 valence electrons. The van der Waals surface area contributed by atoms with Crippen molar-refractivity contribution in [3.8, 4) is 0 Å².